The smallest absolute Gasteiger partial charge is 0.387 e. The molecule has 0 saturated heterocycles. The molecular weight excluding hydrogens is 279 g/mol. The van der Waals surface area contributed by atoms with E-state index < -0.39 is 6.61 Å². The highest BCUT2D eigenvalue weighted by atomic mass is 19.3. The highest BCUT2D eigenvalue weighted by molar-refractivity contribution is 5.56. The molecule has 0 spiro atoms. The largest absolute Gasteiger partial charge is 0.433 e. The fourth-order valence-electron chi connectivity index (χ4n) is 2.08. The third kappa shape index (κ3) is 4.70. The Labute approximate surface area is 121 Å². The van der Waals surface area contributed by atoms with Crippen LogP contribution in [-0.4, -0.2) is 12.7 Å². The molecule has 0 amide bonds. The molecule has 0 aliphatic heterocycles. The van der Waals surface area contributed by atoms with E-state index in [2.05, 4.69) is 10.1 Å². The number of rotatable bonds is 6. The molecule has 2 aromatic carbocycles. The van der Waals surface area contributed by atoms with E-state index >= 15 is 0 Å². The van der Waals surface area contributed by atoms with Gasteiger partial charge in [0.2, 0.25) is 0 Å². The van der Waals surface area contributed by atoms with Gasteiger partial charge in [0, 0.05) is 6.04 Å². The second kappa shape index (κ2) is 7.02. The van der Waals surface area contributed by atoms with Gasteiger partial charge in [-0.1, -0.05) is 24.3 Å². The van der Waals surface area contributed by atoms with Crippen molar-refractivity contribution in [2.24, 2.45) is 0 Å². The normalized spacial score (nSPS) is 12.2. The molecule has 0 radical (unpaired) electrons. The maximum Gasteiger partial charge on any atom is 0.387 e. The van der Waals surface area contributed by atoms with Gasteiger partial charge in [-0.15, -0.1) is 0 Å². The third-order valence-electron chi connectivity index (χ3n) is 2.96. The Kier molecular flexibility index (Phi) is 5.09. The highest BCUT2D eigenvalue weighted by Gasteiger charge is 2.11. The number of benzene rings is 2. The molecule has 21 heavy (non-hydrogen) atoms. The van der Waals surface area contributed by atoms with Crippen LogP contribution in [0.2, 0.25) is 0 Å². The van der Waals surface area contributed by atoms with Gasteiger partial charge in [0.05, 0.1) is 5.69 Å². The van der Waals surface area contributed by atoms with Gasteiger partial charge in [-0.2, -0.15) is 8.78 Å². The first-order valence-electron chi connectivity index (χ1n) is 6.59. The van der Waals surface area contributed by atoms with Crippen LogP contribution in [0.4, 0.5) is 18.9 Å². The Morgan fingerprint density at radius 1 is 1.05 bits per heavy atom. The fraction of sp³-hybridized carbons (Fsp3) is 0.250. The monoisotopic (exact) mass is 295 g/mol. The van der Waals surface area contributed by atoms with E-state index in [9.17, 15) is 13.2 Å². The van der Waals surface area contributed by atoms with Gasteiger partial charge < -0.3 is 10.1 Å². The summed E-state index contributed by atoms with van der Waals surface area (Å²) >= 11 is 0. The average molecular weight is 295 g/mol. The van der Waals surface area contributed by atoms with E-state index in [-0.39, 0.29) is 17.6 Å². The quantitative estimate of drug-likeness (QED) is 0.849. The van der Waals surface area contributed by atoms with E-state index in [1.165, 1.54) is 18.2 Å². The van der Waals surface area contributed by atoms with Gasteiger partial charge >= 0.3 is 6.61 Å². The zero-order chi connectivity index (χ0) is 15.2. The van der Waals surface area contributed by atoms with Crippen molar-refractivity contribution in [3.8, 4) is 5.75 Å². The number of nitrogens with one attached hydrogen (secondary N) is 1. The van der Waals surface area contributed by atoms with E-state index in [1.807, 2.05) is 6.92 Å². The van der Waals surface area contributed by atoms with Crippen molar-refractivity contribution in [1.82, 2.24) is 0 Å². The van der Waals surface area contributed by atoms with Gasteiger partial charge in [0.1, 0.15) is 11.6 Å². The lowest BCUT2D eigenvalue weighted by Gasteiger charge is -2.18. The van der Waals surface area contributed by atoms with Gasteiger partial charge in [0.15, 0.2) is 0 Å². The summed E-state index contributed by atoms with van der Waals surface area (Å²) in [4.78, 5) is 0. The van der Waals surface area contributed by atoms with Gasteiger partial charge in [0.25, 0.3) is 0 Å². The Balaban J connectivity index is 2.02. The molecule has 0 aliphatic carbocycles. The molecule has 112 valence electrons. The number of hydrogen-bond acceptors (Lipinski definition) is 2. The number of anilines is 1. The molecule has 2 nitrogen and oxygen atoms in total. The van der Waals surface area contributed by atoms with Crippen LogP contribution in [0.3, 0.4) is 0 Å². The fourth-order valence-corrected chi connectivity index (χ4v) is 2.08. The molecule has 0 bridgehead atoms. The first-order valence-corrected chi connectivity index (χ1v) is 6.59. The van der Waals surface area contributed by atoms with E-state index in [4.69, 9.17) is 0 Å². The van der Waals surface area contributed by atoms with Crippen molar-refractivity contribution < 1.29 is 17.9 Å². The second-order valence-corrected chi connectivity index (χ2v) is 4.75. The molecule has 2 aromatic rings. The molecule has 0 fully saturated rings. The van der Waals surface area contributed by atoms with Gasteiger partial charge in [-0.05, 0) is 43.2 Å². The summed E-state index contributed by atoms with van der Waals surface area (Å²) in [6.07, 6.45) is 0.642. The SMILES string of the molecule is CC(Cc1ccc(F)cc1)Nc1ccccc1OC(F)F. The number of ether oxygens (including phenoxy) is 1. The summed E-state index contributed by atoms with van der Waals surface area (Å²) < 4.78 is 42.0. The van der Waals surface area contributed by atoms with Crippen LogP contribution in [-0.2, 0) is 6.42 Å². The zero-order valence-corrected chi connectivity index (χ0v) is 11.5. The molecule has 1 atom stereocenters. The molecule has 2 rings (SSSR count). The first kappa shape index (κ1) is 15.2. The molecule has 0 saturated carbocycles. The minimum Gasteiger partial charge on any atom is -0.433 e. The Morgan fingerprint density at radius 3 is 2.38 bits per heavy atom. The second-order valence-electron chi connectivity index (χ2n) is 4.75. The van der Waals surface area contributed by atoms with Crippen LogP contribution < -0.4 is 10.1 Å². The topological polar surface area (TPSA) is 21.3 Å². The first-order chi connectivity index (χ1) is 10.0. The molecule has 0 aromatic heterocycles. The van der Waals surface area contributed by atoms with Crippen molar-refractivity contribution in [2.75, 3.05) is 5.32 Å². The lowest BCUT2D eigenvalue weighted by molar-refractivity contribution is -0.0493. The van der Waals surface area contributed by atoms with Crippen LogP contribution in [0.15, 0.2) is 48.5 Å². The standard InChI is InChI=1S/C16H16F3NO/c1-11(10-12-6-8-13(17)9-7-12)20-14-4-2-3-5-15(14)21-16(18)19/h2-9,11,16,20H,10H2,1H3. The molecular formula is C16H16F3NO. The van der Waals surface area contributed by atoms with Gasteiger partial charge in [-0.3, -0.25) is 0 Å². The predicted octanol–water partition coefficient (Wildman–Crippen LogP) is 4.47. The van der Waals surface area contributed by atoms with Crippen LogP contribution in [0.1, 0.15) is 12.5 Å². The Morgan fingerprint density at radius 2 is 1.71 bits per heavy atom. The van der Waals surface area contributed by atoms with E-state index in [1.54, 1.807) is 30.3 Å². The average Bonchev–Trinajstić information content (AvgIpc) is 2.43. The minimum absolute atomic E-state index is 0.0158. The lowest BCUT2D eigenvalue weighted by atomic mass is 10.1. The molecule has 1 unspecified atom stereocenters. The summed E-state index contributed by atoms with van der Waals surface area (Å²) in [7, 11) is 0. The van der Waals surface area contributed by atoms with Gasteiger partial charge in [-0.25, -0.2) is 4.39 Å². The molecule has 0 heterocycles. The number of halogens is 3. The summed E-state index contributed by atoms with van der Waals surface area (Å²) in [6.45, 7) is -0.942. The highest BCUT2D eigenvalue weighted by Crippen LogP contribution is 2.26. The van der Waals surface area contributed by atoms with Crippen molar-refractivity contribution in [1.29, 1.82) is 0 Å². The number of para-hydroxylation sites is 2. The van der Waals surface area contributed by atoms with Crippen molar-refractivity contribution in [3.05, 3.63) is 59.9 Å². The summed E-state index contributed by atoms with van der Waals surface area (Å²) in [5.74, 6) is -0.173. The third-order valence-corrected chi connectivity index (χ3v) is 2.96. The number of hydrogen-bond donors (Lipinski definition) is 1. The maximum absolute atomic E-state index is 12.8. The maximum atomic E-state index is 12.8. The summed E-state index contributed by atoms with van der Waals surface area (Å²) in [5.41, 5.74) is 1.47. The van der Waals surface area contributed by atoms with Crippen LogP contribution in [0.5, 0.6) is 5.75 Å². The number of alkyl halides is 2. The molecule has 5 heteroatoms. The Bertz CT molecular complexity index is 572. The summed E-state index contributed by atoms with van der Waals surface area (Å²) in [5, 5.41) is 3.13. The van der Waals surface area contributed by atoms with E-state index in [0.717, 1.165) is 5.56 Å². The minimum atomic E-state index is -2.86. The van der Waals surface area contributed by atoms with Crippen LogP contribution in [0, 0.1) is 5.82 Å². The summed E-state index contributed by atoms with van der Waals surface area (Å²) in [6, 6.07) is 12.7. The predicted molar refractivity (Wildman–Crippen MR) is 76.3 cm³/mol. The molecule has 1 N–H and O–H groups in total. The van der Waals surface area contributed by atoms with Crippen molar-refractivity contribution >= 4 is 5.69 Å². The van der Waals surface area contributed by atoms with Crippen molar-refractivity contribution in [3.63, 3.8) is 0 Å². The zero-order valence-electron chi connectivity index (χ0n) is 11.5. The lowest BCUT2D eigenvalue weighted by Crippen LogP contribution is -2.19. The molecule has 0 aliphatic rings. The van der Waals surface area contributed by atoms with Crippen LogP contribution in [0.25, 0.3) is 0 Å². The van der Waals surface area contributed by atoms with E-state index in [0.29, 0.717) is 12.1 Å². The van der Waals surface area contributed by atoms with Crippen LogP contribution >= 0.6 is 0 Å². The van der Waals surface area contributed by atoms with Crippen molar-refractivity contribution in [2.45, 2.75) is 26.0 Å². The Hall–Kier alpha value is -2.17.